The largest absolute Gasteiger partial charge is 0.208 e. The van der Waals surface area contributed by atoms with Crippen LogP contribution < -0.4 is 0 Å². The van der Waals surface area contributed by atoms with E-state index in [0.717, 1.165) is 36.0 Å². The summed E-state index contributed by atoms with van der Waals surface area (Å²) >= 11 is 0. The summed E-state index contributed by atoms with van der Waals surface area (Å²) in [5.41, 5.74) is 12.2. The molecule has 0 aliphatic rings. The lowest BCUT2D eigenvalue weighted by Crippen LogP contribution is -2.00. The minimum atomic E-state index is 0.692. The highest BCUT2D eigenvalue weighted by Gasteiger charge is 2.13. The fourth-order valence-electron chi connectivity index (χ4n) is 7.19. The Labute approximate surface area is 325 Å². The van der Waals surface area contributed by atoms with Crippen molar-refractivity contribution in [2.75, 3.05) is 0 Å². The fraction of sp³-hybridized carbons (Fsp3) is 0.353. The molecule has 6 rings (SSSR count). The van der Waals surface area contributed by atoms with E-state index in [4.69, 9.17) is 15.0 Å². The number of hydrogen-bond donors (Lipinski definition) is 0. The number of nitrogens with zero attached hydrogens (tertiary/aromatic N) is 3. The highest BCUT2D eigenvalue weighted by molar-refractivity contribution is 5.70. The number of unbranched alkanes of at least 4 members (excludes halogenated alkanes) is 10. The maximum absolute atomic E-state index is 5.02. The minimum absolute atomic E-state index is 0.692. The Kier molecular flexibility index (Phi) is 14.8. The Hall–Kier alpha value is -4.89. The standard InChI is InChI=1S/C51H59N3/c1-4-5-6-7-8-9-10-11-12-13-16-42-27-33-47(34-28-42)50-52-49(46-29-21-40(3)22-30-46)53-51(54-50)48-37-35-45(36-38-48)44-31-25-43(26-32-44)18-15-14-17-41-23-19-39(2)20-24-41/h19-38H,4-18H2,1-3H3. The third-order valence-corrected chi connectivity index (χ3v) is 10.7. The van der Waals surface area contributed by atoms with Gasteiger partial charge in [0.1, 0.15) is 0 Å². The van der Waals surface area contributed by atoms with E-state index in [0.29, 0.717) is 17.5 Å². The molecule has 0 amide bonds. The third kappa shape index (κ3) is 11.8. The summed E-state index contributed by atoms with van der Waals surface area (Å²) < 4.78 is 0. The molecule has 1 heterocycles. The second kappa shape index (κ2) is 20.5. The van der Waals surface area contributed by atoms with Crippen LogP contribution in [0.3, 0.4) is 0 Å². The van der Waals surface area contributed by atoms with E-state index < -0.39 is 0 Å². The van der Waals surface area contributed by atoms with Crippen LogP contribution in [0.15, 0.2) is 121 Å². The van der Waals surface area contributed by atoms with Gasteiger partial charge in [0.2, 0.25) is 0 Å². The Morgan fingerprint density at radius 2 is 0.556 bits per heavy atom. The molecule has 0 aliphatic carbocycles. The van der Waals surface area contributed by atoms with Gasteiger partial charge in [0.25, 0.3) is 0 Å². The molecule has 0 N–H and O–H groups in total. The van der Waals surface area contributed by atoms with Gasteiger partial charge < -0.3 is 0 Å². The average molecular weight is 714 g/mol. The molecule has 3 nitrogen and oxygen atoms in total. The maximum Gasteiger partial charge on any atom is 0.164 e. The quantitative estimate of drug-likeness (QED) is 0.0739. The Bertz CT molecular complexity index is 1970. The molecule has 0 saturated carbocycles. The molecule has 0 atom stereocenters. The van der Waals surface area contributed by atoms with Gasteiger partial charge in [-0.2, -0.15) is 0 Å². The van der Waals surface area contributed by atoms with Gasteiger partial charge in [0.15, 0.2) is 17.5 Å². The highest BCUT2D eigenvalue weighted by atomic mass is 15.0. The van der Waals surface area contributed by atoms with Crippen molar-refractivity contribution in [1.29, 1.82) is 0 Å². The molecular formula is C51H59N3. The van der Waals surface area contributed by atoms with Crippen LogP contribution >= 0.6 is 0 Å². The first-order valence-corrected chi connectivity index (χ1v) is 20.7. The molecule has 0 radical (unpaired) electrons. The molecule has 54 heavy (non-hydrogen) atoms. The van der Waals surface area contributed by atoms with E-state index in [9.17, 15) is 0 Å². The first kappa shape index (κ1) is 38.8. The highest BCUT2D eigenvalue weighted by Crippen LogP contribution is 2.28. The normalized spacial score (nSPS) is 11.2. The molecule has 0 bridgehead atoms. The van der Waals surface area contributed by atoms with Crippen molar-refractivity contribution in [3.8, 4) is 45.3 Å². The van der Waals surface area contributed by atoms with Gasteiger partial charge >= 0.3 is 0 Å². The summed E-state index contributed by atoms with van der Waals surface area (Å²) in [5, 5.41) is 0. The van der Waals surface area contributed by atoms with E-state index in [1.54, 1.807) is 0 Å². The number of benzene rings is 5. The molecular weight excluding hydrogens is 655 g/mol. The molecule has 0 unspecified atom stereocenters. The molecule has 0 fully saturated rings. The number of rotatable bonds is 20. The fourth-order valence-corrected chi connectivity index (χ4v) is 7.19. The summed E-state index contributed by atoms with van der Waals surface area (Å²) in [6.45, 7) is 6.54. The predicted octanol–water partition coefficient (Wildman–Crippen LogP) is 14.2. The summed E-state index contributed by atoms with van der Waals surface area (Å²) in [5.74, 6) is 2.10. The monoisotopic (exact) mass is 713 g/mol. The van der Waals surface area contributed by atoms with Crippen LogP contribution in [0.2, 0.25) is 0 Å². The predicted molar refractivity (Wildman–Crippen MR) is 230 cm³/mol. The molecule has 0 saturated heterocycles. The molecule has 6 aromatic rings. The van der Waals surface area contributed by atoms with Crippen LogP contribution in [-0.4, -0.2) is 15.0 Å². The minimum Gasteiger partial charge on any atom is -0.208 e. The topological polar surface area (TPSA) is 38.7 Å². The van der Waals surface area contributed by atoms with Crippen LogP contribution in [0.1, 0.15) is 112 Å². The average Bonchev–Trinajstić information content (AvgIpc) is 3.21. The molecule has 0 aliphatic heterocycles. The van der Waals surface area contributed by atoms with E-state index in [1.807, 2.05) is 0 Å². The van der Waals surface area contributed by atoms with Gasteiger partial charge in [0.05, 0.1) is 0 Å². The van der Waals surface area contributed by atoms with Crippen LogP contribution in [0.5, 0.6) is 0 Å². The number of hydrogen-bond acceptors (Lipinski definition) is 3. The van der Waals surface area contributed by atoms with Gasteiger partial charge in [-0.3, -0.25) is 0 Å². The lowest BCUT2D eigenvalue weighted by atomic mass is 9.99. The van der Waals surface area contributed by atoms with Crippen molar-refractivity contribution in [2.24, 2.45) is 0 Å². The van der Waals surface area contributed by atoms with E-state index in [1.165, 1.54) is 116 Å². The maximum atomic E-state index is 5.02. The Balaban J connectivity index is 1.08. The van der Waals surface area contributed by atoms with Crippen molar-refractivity contribution in [2.45, 2.75) is 117 Å². The van der Waals surface area contributed by atoms with Gasteiger partial charge in [-0.25, -0.2) is 15.0 Å². The van der Waals surface area contributed by atoms with Gasteiger partial charge in [-0.05, 0) is 80.2 Å². The van der Waals surface area contributed by atoms with Crippen LogP contribution in [-0.2, 0) is 19.3 Å². The Morgan fingerprint density at radius 3 is 0.963 bits per heavy atom. The van der Waals surface area contributed by atoms with Crippen LogP contribution in [0.4, 0.5) is 0 Å². The lowest BCUT2D eigenvalue weighted by Gasteiger charge is -2.10. The zero-order chi connectivity index (χ0) is 37.4. The van der Waals surface area contributed by atoms with Crippen molar-refractivity contribution < 1.29 is 0 Å². The summed E-state index contributed by atoms with van der Waals surface area (Å²) in [6.07, 6.45) is 19.4. The van der Waals surface area contributed by atoms with Crippen molar-refractivity contribution >= 4 is 0 Å². The van der Waals surface area contributed by atoms with Crippen molar-refractivity contribution in [3.63, 3.8) is 0 Å². The van der Waals surface area contributed by atoms with Gasteiger partial charge in [-0.15, -0.1) is 0 Å². The molecule has 1 aromatic heterocycles. The summed E-state index contributed by atoms with van der Waals surface area (Å²) in [7, 11) is 0. The van der Waals surface area contributed by atoms with Crippen LogP contribution in [0.25, 0.3) is 45.3 Å². The molecule has 0 spiro atoms. The first-order valence-electron chi connectivity index (χ1n) is 20.7. The van der Waals surface area contributed by atoms with Crippen molar-refractivity contribution in [1.82, 2.24) is 15.0 Å². The molecule has 3 heteroatoms. The zero-order valence-corrected chi connectivity index (χ0v) is 33.0. The number of aromatic nitrogens is 3. The Morgan fingerprint density at radius 1 is 0.296 bits per heavy atom. The SMILES string of the molecule is CCCCCCCCCCCCc1ccc(-c2nc(-c3ccc(C)cc3)nc(-c3ccc(-c4ccc(CCCCc5ccc(C)cc5)cc4)cc3)n2)cc1. The molecule has 5 aromatic carbocycles. The lowest BCUT2D eigenvalue weighted by molar-refractivity contribution is 0.556. The van der Waals surface area contributed by atoms with Crippen LogP contribution in [0, 0.1) is 13.8 Å². The summed E-state index contributed by atoms with van der Waals surface area (Å²) in [4.78, 5) is 15.0. The van der Waals surface area contributed by atoms with Crippen molar-refractivity contribution in [3.05, 3.63) is 149 Å². The van der Waals surface area contributed by atoms with E-state index in [-0.39, 0.29) is 0 Å². The van der Waals surface area contributed by atoms with Gasteiger partial charge in [0, 0.05) is 16.7 Å². The number of aryl methyl sites for hydroxylation is 5. The zero-order valence-electron chi connectivity index (χ0n) is 33.0. The molecule has 278 valence electrons. The third-order valence-electron chi connectivity index (χ3n) is 10.7. The smallest absolute Gasteiger partial charge is 0.164 e. The van der Waals surface area contributed by atoms with E-state index in [2.05, 4.69) is 142 Å². The second-order valence-corrected chi connectivity index (χ2v) is 15.3. The second-order valence-electron chi connectivity index (χ2n) is 15.3. The first-order chi connectivity index (χ1) is 26.5. The van der Waals surface area contributed by atoms with E-state index >= 15 is 0 Å². The van der Waals surface area contributed by atoms with Gasteiger partial charge in [-0.1, -0.05) is 197 Å². The summed E-state index contributed by atoms with van der Waals surface area (Å²) in [6, 6.07) is 44.0.